The second kappa shape index (κ2) is 7.00. The molecule has 1 saturated carbocycles. The van der Waals surface area contributed by atoms with E-state index in [2.05, 4.69) is 11.0 Å². The number of carbonyl (C=O) groups excluding carboxylic acids is 1. The largest absolute Gasteiger partial charge is 0.395 e. The summed E-state index contributed by atoms with van der Waals surface area (Å²) in [5.41, 5.74) is 3.10. The van der Waals surface area contributed by atoms with Crippen LogP contribution < -0.4 is 0 Å². The van der Waals surface area contributed by atoms with Crippen molar-refractivity contribution in [1.82, 2.24) is 4.90 Å². The Bertz CT molecular complexity index is 446. The standard InChI is InChI=1S/C17H25NO2/c1-13-10-14(2)12-15(11-13)17(20)6-7-18(8-9-19)16-4-3-5-16/h10-12,16,19H,3-9H2,1-2H3. The van der Waals surface area contributed by atoms with Gasteiger partial charge in [0.15, 0.2) is 5.78 Å². The van der Waals surface area contributed by atoms with E-state index in [1.54, 1.807) is 0 Å². The van der Waals surface area contributed by atoms with E-state index >= 15 is 0 Å². The van der Waals surface area contributed by atoms with E-state index < -0.39 is 0 Å². The van der Waals surface area contributed by atoms with Gasteiger partial charge in [0.25, 0.3) is 0 Å². The topological polar surface area (TPSA) is 40.5 Å². The first-order valence-electron chi connectivity index (χ1n) is 7.56. The van der Waals surface area contributed by atoms with Crippen molar-refractivity contribution >= 4 is 5.78 Å². The fraction of sp³-hybridized carbons (Fsp3) is 0.588. The summed E-state index contributed by atoms with van der Waals surface area (Å²) in [6.45, 7) is 5.67. The molecular weight excluding hydrogens is 250 g/mol. The predicted molar refractivity (Wildman–Crippen MR) is 81.2 cm³/mol. The van der Waals surface area contributed by atoms with Crippen LogP contribution in [0.5, 0.6) is 0 Å². The van der Waals surface area contributed by atoms with Crippen LogP contribution in [-0.4, -0.2) is 41.5 Å². The molecule has 20 heavy (non-hydrogen) atoms. The maximum absolute atomic E-state index is 12.3. The third-order valence-corrected chi connectivity index (χ3v) is 4.15. The van der Waals surface area contributed by atoms with Crippen molar-refractivity contribution in [2.45, 2.75) is 45.6 Å². The average Bonchev–Trinajstić information content (AvgIpc) is 2.32. The van der Waals surface area contributed by atoms with Gasteiger partial charge >= 0.3 is 0 Å². The average molecular weight is 275 g/mol. The molecule has 1 fully saturated rings. The summed E-state index contributed by atoms with van der Waals surface area (Å²) < 4.78 is 0. The molecule has 0 spiro atoms. The molecule has 0 heterocycles. The van der Waals surface area contributed by atoms with Crippen LogP contribution in [0.4, 0.5) is 0 Å². The Morgan fingerprint density at radius 1 is 1.20 bits per heavy atom. The number of aliphatic hydroxyl groups excluding tert-OH is 1. The monoisotopic (exact) mass is 275 g/mol. The quantitative estimate of drug-likeness (QED) is 0.778. The number of nitrogens with zero attached hydrogens (tertiary/aromatic N) is 1. The highest BCUT2D eigenvalue weighted by molar-refractivity contribution is 5.96. The number of rotatable bonds is 7. The van der Waals surface area contributed by atoms with E-state index in [1.165, 1.54) is 19.3 Å². The third-order valence-electron chi connectivity index (χ3n) is 4.15. The lowest BCUT2D eigenvalue weighted by molar-refractivity contribution is 0.0841. The highest BCUT2D eigenvalue weighted by Crippen LogP contribution is 2.24. The minimum absolute atomic E-state index is 0.175. The van der Waals surface area contributed by atoms with E-state index in [0.29, 0.717) is 19.0 Å². The number of ketones is 1. The van der Waals surface area contributed by atoms with Crippen LogP contribution in [0.2, 0.25) is 0 Å². The second-order valence-electron chi connectivity index (χ2n) is 5.89. The van der Waals surface area contributed by atoms with Gasteiger partial charge in [0, 0.05) is 31.1 Å². The molecule has 0 unspecified atom stereocenters. The second-order valence-corrected chi connectivity index (χ2v) is 5.89. The summed E-state index contributed by atoms with van der Waals surface area (Å²) in [6, 6.07) is 6.60. The van der Waals surface area contributed by atoms with E-state index in [9.17, 15) is 4.79 Å². The number of aryl methyl sites for hydroxylation is 2. The van der Waals surface area contributed by atoms with Crippen LogP contribution in [0.3, 0.4) is 0 Å². The van der Waals surface area contributed by atoms with Gasteiger partial charge in [0.1, 0.15) is 0 Å². The van der Waals surface area contributed by atoms with Gasteiger partial charge in [-0.1, -0.05) is 23.6 Å². The molecule has 0 aromatic heterocycles. The SMILES string of the molecule is Cc1cc(C)cc(C(=O)CCN(CCO)C2CCC2)c1. The van der Waals surface area contributed by atoms with Gasteiger partial charge in [-0.2, -0.15) is 0 Å². The van der Waals surface area contributed by atoms with Crippen LogP contribution in [0.15, 0.2) is 18.2 Å². The van der Waals surface area contributed by atoms with E-state index in [-0.39, 0.29) is 12.4 Å². The first-order valence-corrected chi connectivity index (χ1v) is 7.56. The van der Waals surface area contributed by atoms with Crippen molar-refractivity contribution in [1.29, 1.82) is 0 Å². The first kappa shape index (κ1) is 15.2. The summed E-state index contributed by atoms with van der Waals surface area (Å²) in [7, 11) is 0. The lowest BCUT2D eigenvalue weighted by Crippen LogP contribution is -2.42. The van der Waals surface area contributed by atoms with E-state index in [1.807, 2.05) is 26.0 Å². The zero-order chi connectivity index (χ0) is 14.5. The van der Waals surface area contributed by atoms with E-state index in [0.717, 1.165) is 23.2 Å². The van der Waals surface area contributed by atoms with Gasteiger partial charge in [-0.05, 0) is 38.8 Å². The van der Waals surface area contributed by atoms with Crippen LogP contribution >= 0.6 is 0 Å². The highest BCUT2D eigenvalue weighted by atomic mass is 16.3. The molecule has 1 aromatic rings. The predicted octanol–water partition coefficient (Wildman–Crippen LogP) is 2.72. The van der Waals surface area contributed by atoms with Crippen LogP contribution in [0.25, 0.3) is 0 Å². The molecule has 1 aromatic carbocycles. The van der Waals surface area contributed by atoms with Crippen molar-refractivity contribution in [3.05, 3.63) is 34.9 Å². The van der Waals surface area contributed by atoms with Gasteiger partial charge in [0.05, 0.1) is 6.61 Å². The number of Topliss-reactive ketones (excluding diaryl/α,β-unsaturated/α-hetero) is 1. The summed E-state index contributed by atoms with van der Waals surface area (Å²) in [6.07, 6.45) is 4.23. The zero-order valence-corrected chi connectivity index (χ0v) is 12.6. The number of hydrogen-bond donors (Lipinski definition) is 1. The Labute approximate surface area is 121 Å². The molecular formula is C17H25NO2. The molecule has 1 aliphatic rings. The number of hydrogen-bond acceptors (Lipinski definition) is 3. The van der Waals surface area contributed by atoms with Gasteiger partial charge in [-0.15, -0.1) is 0 Å². The molecule has 3 nitrogen and oxygen atoms in total. The zero-order valence-electron chi connectivity index (χ0n) is 12.6. The highest BCUT2D eigenvalue weighted by Gasteiger charge is 2.24. The molecule has 0 aliphatic heterocycles. The Morgan fingerprint density at radius 3 is 2.35 bits per heavy atom. The van der Waals surface area contributed by atoms with E-state index in [4.69, 9.17) is 5.11 Å². The molecule has 0 bridgehead atoms. The maximum atomic E-state index is 12.3. The summed E-state index contributed by atoms with van der Waals surface area (Å²) in [5.74, 6) is 0.207. The summed E-state index contributed by atoms with van der Waals surface area (Å²) in [5, 5.41) is 9.13. The molecule has 0 radical (unpaired) electrons. The first-order chi connectivity index (χ1) is 9.60. The Hall–Kier alpha value is -1.19. The van der Waals surface area contributed by atoms with Gasteiger partial charge in [-0.3, -0.25) is 9.69 Å². The molecule has 0 atom stereocenters. The fourth-order valence-electron chi connectivity index (χ4n) is 2.88. The van der Waals surface area contributed by atoms with Crippen molar-refractivity contribution in [3.8, 4) is 0 Å². The Balaban J connectivity index is 1.92. The minimum Gasteiger partial charge on any atom is -0.395 e. The van der Waals surface area contributed by atoms with Crippen molar-refractivity contribution < 1.29 is 9.90 Å². The lowest BCUT2D eigenvalue weighted by Gasteiger charge is -2.37. The Morgan fingerprint density at radius 2 is 1.85 bits per heavy atom. The maximum Gasteiger partial charge on any atom is 0.164 e. The normalized spacial score (nSPS) is 15.4. The van der Waals surface area contributed by atoms with Gasteiger partial charge in [0.2, 0.25) is 0 Å². The number of benzene rings is 1. The van der Waals surface area contributed by atoms with Crippen LogP contribution in [-0.2, 0) is 0 Å². The molecule has 0 amide bonds. The van der Waals surface area contributed by atoms with Gasteiger partial charge < -0.3 is 5.11 Å². The smallest absolute Gasteiger partial charge is 0.164 e. The number of aliphatic hydroxyl groups is 1. The van der Waals surface area contributed by atoms with Crippen molar-refractivity contribution in [3.63, 3.8) is 0 Å². The molecule has 3 heteroatoms. The van der Waals surface area contributed by atoms with Crippen LogP contribution in [0, 0.1) is 13.8 Å². The van der Waals surface area contributed by atoms with Crippen molar-refractivity contribution in [2.24, 2.45) is 0 Å². The van der Waals surface area contributed by atoms with Gasteiger partial charge in [-0.25, -0.2) is 0 Å². The summed E-state index contributed by atoms with van der Waals surface area (Å²) >= 11 is 0. The molecule has 110 valence electrons. The van der Waals surface area contributed by atoms with Crippen molar-refractivity contribution in [2.75, 3.05) is 19.7 Å². The molecule has 1 aliphatic carbocycles. The molecule has 0 saturated heterocycles. The molecule has 1 N–H and O–H groups in total. The Kier molecular flexibility index (Phi) is 5.32. The minimum atomic E-state index is 0.175. The lowest BCUT2D eigenvalue weighted by atomic mass is 9.91. The summed E-state index contributed by atoms with van der Waals surface area (Å²) in [4.78, 5) is 14.6. The third kappa shape index (κ3) is 3.90. The van der Waals surface area contributed by atoms with Crippen LogP contribution in [0.1, 0.15) is 47.2 Å². The number of carbonyl (C=O) groups is 1. The molecule has 2 rings (SSSR count). The fourth-order valence-corrected chi connectivity index (χ4v) is 2.88.